The molecule has 0 aliphatic rings. The molecule has 3 aromatic rings. The highest BCUT2D eigenvalue weighted by Crippen LogP contribution is 2.20. The lowest BCUT2D eigenvalue weighted by molar-refractivity contribution is 0.271. The number of aromatic hydroxyl groups is 1. The fourth-order valence-electron chi connectivity index (χ4n) is 1.73. The number of fused-ring (bicyclic) bond motifs is 3. The maximum absolute atomic E-state index is 11.7. The summed E-state index contributed by atoms with van der Waals surface area (Å²) >= 11 is 0. The summed E-state index contributed by atoms with van der Waals surface area (Å²) in [5.41, 5.74) is 0.422. The maximum Gasteiger partial charge on any atom is 0.348 e. The summed E-state index contributed by atoms with van der Waals surface area (Å²) in [6, 6.07) is 4.54. The van der Waals surface area contributed by atoms with Gasteiger partial charge in [0, 0.05) is 5.39 Å². The van der Waals surface area contributed by atoms with E-state index in [-0.39, 0.29) is 18.2 Å². The Hall–Kier alpha value is -2.41. The van der Waals surface area contributed by atoms with Gasteiger partial charge in [-0.05, 0) is 18.2 Å². The molecule has 0 radical (unpaired) electrons. The molecule has 3 rings (SSSR count). The average molecular weight is 232 g/mol. The zero-order valence-electron chi connectivity index (χ0n) is 8.58. The minimum absolute atomic E-state index is 0.0694. The molecule has 0 saturated carbocycles. The SMILES string of the molecule is O=c1[nH]c2ccc(O)cc2c2nc(CO)nn12. The van der Waals surface area contributed by atoms with Crippen molar-refractivity contribution in [3.63, 3.8) is 0 Å². The van der Waals surface area contributed by atoms with Crippen molar-refractivity contribution >= 4 is 16.6 Å². The quantitative estimate of drug-likeness (QED) is 0.537. The molecule has 1 aromatic carbocycles. The number of nitrogens with one attached hydrogen (secondary N) is 1. The molecular formula is C10H8N4O3. The Kier molecular flexibility index (Phi) is 1.89. The van der Waals surface area contributed by atoms with Crippen molar-refractivity contribution in [1.82, 2.24) is 19.6 Å². The van der Waals surface area contributed by atoms with E-state index in [1.807, 2.05) is 0 Å². The first-order valence-electron chi connectivity index (χ1n) is 4.90. The van der Waals surface area contributed by atoms with Gasteiger partial charge in [0.2, 0.25) is 0 Å². The number of H-pyrrole nitrogens is 1. The van der Waals surface area contributed by atoms with Crippen LogP contribution in [0.15, 0.2) is 23.0 Å². The Morgan fingerprint density at radius 2 is 2.24 bits per heavy atom. The average Bonchev–Trinajstić information content (AvgIpc) is 2.75. The van der Waals surface area contributed by atoms with Gasteiger partial charge in [-0.1, -0.05) is 0 Å². The van der Waals surface area contributed by atoms with Gasteiger partial charge >= 0.3 is 5.69 Å². The molecule has 0 amide bonds. The molecule has 3 N–H and O–H groups in total. The number of hydrogen-bond acceptors (Lipinski definition) is 5. The second-order valence-electron chi connectivity index (χ2n) is 3.58. The standard InChI is InChI=1S/C10H8N4O3/c15-4-8-12-9-6-3-5(16)1-2-7(6)11-10(17)14(9)13-8/h1-3,15-16H,4H2,(H,11,17). The number of phenolic OH excluding ortho intramolecular Hbond substituents is 1. The van der Waals surface area contributed by atoms with E-state index in [0.717, 1.165) is 4.52 Å². The molecule has 0 spiro atoms. The van der Waals surface area contributed by atoms with E-state index in [0.29, 0.717) is 16.6 Å². The van der Waals surface area contributed by atoms with Crippen LogP contribution in [-0.2, 0) is 6.61 Å². The molecule has 0 fully saturated rings. The van der Waals surface area contributed by atoms with Crippen LogP contribution in [0.1, 0.15) is 5.82 Å². The highest BCUT2D eigenvalue weighted by Gasteiger charge is 2.10. The second-order valence-corrected chi connectivity index (χ2v) is 3.58. The van der Waals surface area contributed by atoms with Crippen molar-refractivity contribution in [2.75, 3.05) is 0 Å². The smallest absolute Gasteiger partial charge is 0.348 e. The Morgan fingerprint density at radius 1 is 1.41 bits per heavy atom. The predicted molar refractivity (Wildman–Crippen MR) is 58.7 cm³/mol. The predicted octanol–water partition coefficient (Wildman–Crippen LogP) is -0.231. The molecule has 7 heteroatoms. The normalized spacial score (nSPS) is 11.4. The van der Waals surface area contributed by atoms with Crippen molar-refractivity contribution in [1.29, 1.82) is 0 Å². The molecule has 86 valence electrons. The van der Waals surface area contributed by atoms with Gasteiger partial charge in [-0.2, -0.15) is 4.52 Å². The van der Waals surface area contributed by atoms with Crippen molar-refractivity contribution in [3.05, 3.63) is 34.5 Å². The Labute approximate surface area is 94.0 Å². The summed E-state index contributed by atoms with van der Waals surface area (Å²) < 4.78 is 1.06. The number of aromatic nitrogens is 4. The van der Waals surface area contributed by atoms with Gasteiger partial charge in [-0.15, -0.1) is 5.10 Å². The molecule has 17 heavy (non-hydrogen) atoms. The topological polar surface area (TPSA) is 104 Å². The molecule has 2 heterocycles. The lowest BCUT2D eigenvalue weighted by atomic mass is 10.2. The van der Waals surface area contributed by atoms with Crippen LogP contribution in [0, 0.1) is 0 Å². The Bertz CT molecular complexity index is 774. The summed E-state index contributed by atoms with van der Waals surface area (Å²) in [5, 5.41) is 22.8. The molecule has 0 atom stereocenters. The third-order valence-electron chi connectivity index (χ3n) is 2.47. The van der Waals surface area contributed by atoms with Crippen LogP contribution in [0.3, 0.4) is 0 Å². The number of benzene rings is 1. The van der Waals surface area contributed by atoms with E-state index >= 15 is 0 Å². The van der Waals surface area contributed by atoms with Crippen LogP contribution in [0.25, 0.3) is 16.6 Å². The van der Waals surface area contributed by atoms with Crippen molar-refractivity contribution in [2.45, 2.75) is 6.61 Å². The van der Waals surface area contributed by atoms with E-state index in [4.69, 9.17) is 5.11 Å². The number of aliphatic hydroxyl groups is 1. The third kappa shape index (κ3) is 1.36. The number of nitrogens with zero attached hydrogens (tertiary/aromatic N) is 3. The van der Waals surface area contributed by atoms with E-state index < -0.39 is 5.69 Å². The van der Waals surface area contributed by atoms with Gasteiger partial charge in [-0.3, -0.25) is 0 Å². The van der Waals surface area contributed by atoms with Crippen molar-refractivity contribution in [2.24, 2.45) is 0 Å². The molecule has 2 aromatic heterocycles. The van der Waals surface area contributed by atoms with E-state index in [9.17, 15) is 9.90 Å². The monoisotopic (exact) mass is 232 g/mol. The summed E-state index contributed by atoms with van der Waals surface area (Å²) in [6.45, 7) is -0.346. The number of aromatic amines is 1. The van der Waals surface area contributed by atoms with E-state index in [1.165, 1.54) is 12.1 Å². The zero-order valence-corrected chi connectivity index (χ0v) is 8.58. The van der Waals surface area contributed by atoms with Crippen LogP contribution in [0.4, 0.5) is 0 Å². The minimum Gasteiger partial charge on any atom is -0.508 e. The van der Waals surface area contributed by atoms with Crippen LogP contribution < -0.4 is 5.69 Å². The fourth-order valence-corrected chi connectivity index (χ4v) is 1.73. The highest BCUT2D eigenvalue weighted by molar-refractivity contribution is 5.91. The molecule has 0 saturated heterocycles. The Balaban J connectivity index is 2.56. The molecule has 0 aliphatic carbocycles. The first-order valence-corrected chi connectivity index (χ1v) is 4.90. The van der Waals surface area contributed by atoms with Crippen LogP contribution in [0.5, 0.6) is 5.75 Å². The van der Waals surface area contributed by atoms with Gasteiger partial charge in [0.25, 0.3) is 0 Å². The number of rotatable bonds is 1. The summed E-state index contributed by atoms with van der Waals surface area (Å²) in [5.74, 6) is 0.228. The number of hydrogen-bond donors (Lipinski definition) is 3. The molecule has 0 bridgehead atoms. The second kappa shape index (κ2) is 3.29. The molecule has 0 unspecified atom stereocenters. The van der Waals surface area contributed by atoms with Gasteiger partial charge in [0.05, 0.1) is 5.52 Å². The van der Waals surface area contributed by atoms with Crippen LogP contribution >= 0.6 is 0 Å². The highest BCUT2D eigenvalue weighted by atomic mass is 16.3. The third-order valence-corrected chi connectivity index (χ3v) is 2.47. The molecule has 0 aliphatic heterocycles. The summed E-state index contributed by atoms with van der Waals surface area (Å²) in [4.78, 5) is 18.3. The van der Waals surface area contributed by atoms with Crippen LogP contribution in [0.2, 0.25) is 0 Å². The van der Waals surface area contributed by atoms with Crippen molar-refractivity contribution < 1.29 is 10.2 Å². The first-order chi connectivity index (χ1) is 8.19. The largest absolute Gasteiger partial charge is 0.508 e. The first kappa shape index (κ1) is 9.79. The van der Waals surface area contributed by atoms with E-state index in [2.05, 4.69) is 15.1 Å². The van der Waals surface area contributed by atoms with Crippen molar-refractivity contribution in [3.8, 4) is 5.75 Å². The minimum atomic E-state index is -0.439. The number of aliphatic hydroxyl groups excluding tert-OH is 1. The van der Waals surface area contributed by atoms with Gasteiger partial charge in [-0.25, -0.2) is 9.78 Å². The van der Waals surface area contributed by atoms with E-state index in [1.54, 1.807) is 6.07 Å². The lowest BCUT2D eigenvalue weighted by Gasteiger charge is -1.99. The molecular weight excluding hydrogens is 224 g/mol. The van der Waals surface area contributed by atoms with Gasteiger partial charge < -0.3 is 15.2 Å². The summed E-state index contributed by atoms with van der Waals surface area (Å²) in [6.07, 6.45) is 0. The Morgan fingerprint density at radius 3 is 3.00 bits per heavy atom. The molecule has 7 nitrogen and oxygen atoms in total. The fraction of sp³-hybridized carbons (Fsp3) is 0.100. The zero-order chi connectivity index (χ0) is 12.0. The van der Waals surface area contributed by atoms with Crippen LogP contribution in [-0.4, -0.2) is 29.8 Å². The maximum atomic E-state index is 11.7. The summed E-state index contributed by atoms with van der Waals surface area (Å²) in [7, 11) is 0. The lowest BCUT2D eigenvalue weighted by Crippen LogP contribution is -2.17. The van der Waals surface area contributed by atoms with Gasteiger partial charge in [0.1, 0.15) is 12.4 Å². The number of phenols is 1. The van der Waals surface area contributed by atoms with Gasteiger partial charge in [0.15, 0.2) is 11.5 Å².